The molecule has 1 saturated heterocycles. The first kappa shape index (κ1) is 20.1. The third-order valence-electron chi connectivity index (χ3n) is 3.95. The van der Waals surface area contributed by atoms with Crippen molar-refractivity contribution in [3.8, 4) is 0 Å². The Balaban J connectivity index is 3.06. The number of aliphatic hydroxyl groups is 4. The number of hydrogen-bond acceptors (Lipinski definition) is 6. The van der Waals surface area contributed by atoms with Crippen LogP contribution in [0.2, 0.25) is 0 Å². The minimum Gasteiger partial charge on any atom is -0.393 e. The van der Waals surface area contributed by atoms with Crippen molar-refractivity contribution in [2.45, 2.75) is 68.9 Å². The van der Waals surface area contributed by atoms with Crippen molar-refractivity contribution in [2.24, 2.45) is 0 Å². The number of rotatable bonds is 5. The molecular weight excluding hydrogens is 323 g/mol. The van der Waals surface area contributed by atoms with Gasteiger partial charge in [0.1, 0.15) is 17.8 Å². The van der Waals surface area contributed by atoms with Gasteiger partial charge in [-0.05, 0) is 13.3 Å². The highest BCUT2D eigenvalue weighted by atomic mass is 19.4. The van der Waals surface area contributed by atoms with Crippen molar-refractivity contribution >= 4 is 5.91 Å². The van der Waals surface area contributed by atoms with E-state index in [1.165, 1.54) is 0 Å². The van der Waals surface area contributed by atoms with Gasteiger partial charge in [-0.1, -0.05) is 6.92 Å². The number of carbonyl (C=O) groups excluding carboxylic acids is 1. The smallest absolute Gasteiger partial charge is 0.393 e. The lowest BCUT2D eigenvalue weighted by molar-refractivity contribution is -0.240. The number of hydrogen-bond donors (Lipinski definition) is 5. The summed E-state index contributed by atoms with van der Waals surface area (Å²) >= 11 is 0. The van der Waals surface area contributed by atoms with Crippen LogP contribution >= 0.6 is 0 Å². The summed E-state index contributed by atoms with van der Waals surface area (Å²) in [4.78, 5) is 11.1. The largest absolute Gasteiger partial charge is 0.471 e. The van der Waals surface area contributed by atoms with E-state index in [1.807, 2.05) is 0 Å². The minimum atomic E-state index is -5.18. The molecule has 0 bridgehead atoms. The Hall–Kier alpha value is -0.940. The molecule has 1 rings (SSSR count). The molecule has 0 aromatic rings. The Morgan fingerprint density at radius 1 is 1.48 bits per heavy atom. The van der Waals surface area contributed by atoms with Crippen LogP contribution in [-0.4, -0.2) is 75.2 Å². The van der Waals surface area contributed by atoms with Gasteiger partial charge in [-0.3, -0.25) is 4.79 Å². The Labute approximate surface area is 131 Å². The zero-order valence-corrected chi connectivity index (χ0v) is 12.7. The van der Waals surface area contributed by atoms with Crippen LogP contribution in [0.3, 0.4) is 0 Å². The van der Waals surface area contributed by atoms with E-state index in [2.05, 4.69) is 0 Å². The second kappa shape index (κ2) is 7.31. The number of ether oxygens (including phenoxy) is 1. The van der Waals surface area contributed by atoms with Gasteiger partial charge in [-0.2, -0.15) is 13.2 Å². The Morgan fingerprint density at radius 2 is 2.04 bits per heavy atom. The van der Waals surface area contributed by atoms with Crippen LogP contribution in [0, 0.1) is 0 Å². The Morgan fingerprint density at radius 3 is 2.43 bits per heavy atom. The quantitative estimate of drug-likeness (QED) is 0.439. The number of amides is 1. The van der Waals surface area contributed by atoms with Gasteiger partial charge in [0.05, 0.1) is 24.9 Å². The maximum atomic E-state index is 12.4. The minimum absolute atomic E-state index is 0.128. The normalized spacial score (nSPS) is 34.7. The summed E-state index contributed by atoms with van der Waals surface area (Å²) in [6, 6.07) is -1.62. The van der Waals surface area contributed by atoms with E-state index in [4.69, 9.17) is 4.74 Å². The summed E-state index contributed by atoms with van der Waals surface area (Å²) in [5, 5.41) is 40.9. The van der Waals surface area contributed by atoms with Gasteiger partial charge in [0.25, 0.3) is 0 Å². The monoisotopic (exact) mass is 345 g/mol. The molecule has 23 heavy (non-hydrogen) atoms. The van der Waals surface area contributed by atoms with E-state index in [9.17, 15) is 38.4 Å². The first-order valence-corrected chi connectivity index (χ1v) is 7.18. The zero-order valence-electron chi connectivity index (χ0n) is 12.7. The molecule has 136 valence electrons. The lowest BCUT2D eigenvalue weighted by atomic mass is 9.81. The van der Waals surface area contributed by atoms with Gasteiger partial charge < -0.3 is 30.5 Å². The third-order valence-corrected chi connectivity index (χ3v) is 3.95. The fraction of sp³-hybridized carbons (Fsp3) is 0.923. The summed E-state index contributed by atoms with van der Waals surface area (Å²) < 4.78 is 42.7. The predicted molar refractivity (Wildman–Crippen MR) is 71.3 cm³/mol. The van der Waals surface area contributed by atoms with E-state index < -0.39 is 54.7 Å². The molecule has 0 spiro atoms. The molecule has 1 amide bonds. The number of halogens is 3. The average molecular weight is 345 g/mol. The van der Waals surface area contributed by atoms with Gasteiger partial charge in [0.15, 0.2) is 0 Å². The molecule has 1 aliphatic heterocycles. The van der Waals surface area contributed by atoms with Crippen LogP contribution in [0.15, 0.2) is 0 Å². The maximum absolute atomic E-state index is 12.4. The van der Waals surface area contributed by atoms with Crippen LogP contribution in [0.1, 0.15) is 26.7 Å². The fourth-order valence-electron chi connectivity index (χ4n) is 2.56. The molecule has 0 aromatic carbocycles. The first-order valence-electron chi connectivity index (χ1n) is 7.18. The van der Waals surface area contributed by atoms with E-state index in [-0.39, 0.29) is 6.42 Å². The zero-order chi connectivity index (χ0) is 18.0. The second-order valence-corrected chi connectivity index (χ2v) is 5.78. The fourth-order valence-corrected chi connectivity index (χ4v) is 2.56. The second-order valence-electron chi connectivity index (χ2n) is 5.78. The lowest BCUT2D eigenvalue weighted by Gasteiger charge is -2.47. The molecule has 0 saturated carbocycles. The number of nitrogens with one attached hydrogen (secondary N) is 1. The van der Waals surface area contributed by atoms with Gasteiger partial charge in [0, 0.05) is 6.42 Å². The van der Waals surface area contributed by atoms with Crippen LogP contribution in [0.5, 0.6) is 0 Å². The molecule has 1 heterocycles. The van der Waals surface area contributed by atoms with E-state index in [0.717, 1.165) is 6.92 Å². The van der Waals surface area contributed by atoms with Crippen LogP contribution in [-0.2, 0) is 9.53 Å². The molecule has 10 heteroatoms. The summed E-state index contributed by atoms with van der Waals surface area (Å²) in [6.45, 7) is 1.96. The van der Waals surface area contributed by atoms with Gasteiger partial charge in [-0.25, -0.2) is 0 Å². The van der Waals surface area contributed by atoms with Crippen molar-refractivity contribution in [3.05, 3.63) is 0 Å². The van der Waals surface area contributed by atoms with Crippen molar-refractivity contribution in [1.82, 2.24) is 5.32 Å². The maximum Gasteiger partial charge on any atom is 0.471 e. The third kappa shape index (κ3) is 4.54. The standard InChI is InChI=1S/C13H22F3NO6/c1-3-7-4-12(22,5-18)10(20)9(23-7)8(6(2)19)17-11(21)13(14,15)16/h6-10,18-20,22H,3-5H2,1-2H3,(H,17,21)/t6-,7?,8-,9-,10-,12?/m1/s1. The summed E-state index contributed by atoms with van der Waals surface area (Å²) in [5.74, 6) is -2.30. The summed E-state index contributed by atoms with van der Waals surface area (Å²) in [6.07, 6.45) is -10.4. The number of carbonyl (C=O) groups is 1. The summed E-state index contributed by atoms with van der Waals surface area (Å²) in [5.41, 5.74) is -2.00. The molecule has 1 fully saturated rings. The van der Waals surface area contributed by atoms with Crippen LogP contribution in [0.4, 0.5) is 13.2 Å². The summed E-state index contributed by atoms with van der Waals surface area (Å²) in [7, 11) is 0. The average Bonchev–Trinajstić information content (AvgIpc) is 2.46. The van der Waals surface area contributed by atoms with E-state index in [0.29, 0.717) is 6.42 Å². The van der Waals surface area contributed by atoms with E-state index >= 15 is 0 Å². The molecule has 6 atom stereocenters. The highest BCUT2D eigenvalue weighted by molar-refractivity contribution is 5.82. The number of alkyl halides is 3. The van der Waals surface area contributed by atoms with Gasteiger partial charge in [0.2, 0.25) is 0 Å². The molecule has 7 nitrogen and oxygen atoms in total. The molecule has 0 aliphatic carbocycles. The molecule has 5 N–H and O–H groups in total. The van der Waals surface area contributed by atoms with Crippen molar-refractivity contribution in [2.75, 3.05) is 6.61 Å². The molecule has 2 unspecified atom stereocenters. The molecule has 0 aromatic heterocycles. The first-order chi connectivity index (χ1) is 10.5. The van der Waals surface area contributed by atoms with Crippen molar-refractivity contribution in [1.29, 1.82) is 0 Å². The van der Waals surface area contributed by atoms with Crippen LogP contribution < -0.4 is 5.32 Å². The highest BCUT2D eigenvalue weighted by Crippen LogP contribution is 2.33. The van der Waals surface area contributed by atoms with Crippen molar-refractivity contribution in [3.63, 3.8) is 0 Å². The molecule has 0 radical (unpaired) electrons. The Bertz CT molecular complexity index is 419. The predicted octanol–water partition coefficient (Wildman–Crippen LogP) is -0.934. The SMILES string of the molecule is CCC1CC(O)(CO)[C@H](O)[C@@H]([C@H](NC(=O)C(F)(F)F)[C@@H](C)O)O1. The molecule has 1 aliphatic rings. The number of aliphatic hydroxyl groups excluding tert-OH is 3. The highest BCUT2D eigenvalue weighted by Gasteiger charge is 2.52. The lowest BCUT2D eigenvalue weighted by Crippen LogP contribution is -2.67. The van der Waals surface area contributed by atoms with Gasteiger partial charge in [-0.15, -0.1) is 0 Å². The topological polar surface area (TPSA) is 119 Å². The molecular formula is C13H22F3NO6. The Kier molecular flexibility index (Phi) is 6.39. The van der Waals surface area contributed by atoms with Crippen molar-refractivity contribution < 1.29 is 43.1 Å². The van der Waals surface area contributed by atoms with E-state index in [1.54, 1.807) is 12.2 Å². The van der Waals surface area contributed by atoms with Gasteiger partial charge >= 0.3 is 12.1 Å². The van der Waals surface area contributed by atoms with Crippen LogP contribution in [0.25, 0.3) is 0 Å².